The average Bonchev–Trinajstić information content (AvgIpc) is 2.76. The molecule has 2 aromatic carbocycles. The molecule has 0 aromatic heterocycles. The highest BCUT2D eigenvalue weighted by molar-refractivity contribution is 5.81. The Hall–Kier alpha value is -2.69. The standard InChI is InChI=1S/C24H31NO4/c1-4-21(29-20-14-13-18-9-5-6-10-19(18)15-20)24(26)25-17(2)16-28-23-12-8-7-11-22(23)27-3/h7-8,11-15,17,21H,4-6,9-10,16H2,1-3H3,(H,25,26)/t17-,21+/m0/s1. The summed E-state index contributed by atoms with van der Waals surface area (Å²) < 4.78 is 17.1. The summed E-state index contributed by atoms with van der Waals surface area (Å²) in [5.41, 5.74) is 2.76. The monoisotopic (exact) mass is 397 g/mol. The third-order valence-electron chi connectivity index (χ3n) is 5.21. The van der Waals surface area contributed by atoms with E-state index in [0.29, 0.717) is 24.5 Å². The highest BCUT2D eigenvalue weighted by Crippen LogP contribution is 2.27. The van der Waals surface area contributed by atoms with Gasteiger partial charge in [-0.05, 0) is 74.4 Å². The van der Waals surface area contributed by atoms with Crippen molar-refractivity contribution in [1.82, 2.24) is 5.32 Å². The van der Waals surface area contributed by atoms with E-state index in [9.17, 15) is 4.79 Å². The van der Waals surface area contributed by atoms with Crippen LogP contribution in [-0.4, -0.2) is 31.8 Å². The van der Waals surface area contributed by atoms with E-state index in [1.54, 1.807) is 7.11 Å². The molecule has 1 aliphatic rings. The molecular weight excluding hydrogens is 366 g/mol. The lowest BCUT2D eigenvalue weighted by atomic mass is 9.92. The van der Waals surface area contributed by atoms with E-state index in [-0.39, 0.29) is 11.9 Å². The van der Waals surface area contributed by atoms with E-state index < -0.39 is 6.10 Å². The molecule has 156 valence electrons. The Morgan fingerprint density at radius 2 is 1.79 bits per heavy atom. The van der Waals surface area contributed by atoms with Crippen molar-refractivity contribution in [3.63, 3.8) is 0 Å². The molecule has 5 nitrogen and oxygen atoms in total. The predicted octanol–water partition coefficient (Wildman–Crippen LogP) is 4.32. The summed E-state index contributed by atoms with van der Waals surface area (Å²) in [6.45, 7) is 4.22. The van der Waals surface area contributed by atoms with E-state index in [1.807, 2.05) is 44.2 Å². The molecule has 0 saturated carbocycles. The molecule has 1 aliphatic carbocycles. The molecule has 0 aliphatic heterocycles. The summed E-state index contributed by atoms with van der Waals surface area (Å²) in [6.07, 6.45) is 4.78. The number of rotatable bonds is 9. The minimum absolute atomic E-state index is 0.124. The van der Waals surface area contributed by atoms with Gasteiger partial charge in [0.1, 0.15) is 12.4 Å². The second-order valence-corrected chi connectivity index (χ2v) is 7.52. The molecule has 2 atom stereocenters. The highest BCUT2D eigenvalue weighted by Gasteiger charge is 2.21. The minimum Gasteiger partial charge on any atom is -0.493 e. The number of ether oxygens (including phenoxy) is 3. The third kappa shape index (κ3) is 5.66. The Morgan fingerprint density at radius 3 is 2.52 bits per heavy atom. The van der Waals surface area contributed by atoms with E-state index in [2.05, 4.69) is 17.4 Å². The van der Waals surface area contributed by atoms with Gasteiger partial charge in [0.2, 0.25) is 0 Å². The summed E-state index contributed by atoms with van der Waals surface area (Å²) in [5.74, 6) is 1.98. The van der Waals surface area contributed by atoms with Gasteiger partial charge in [-0.25, -0.2) is 0 Å². The fraction of sp³-hybridized carbons (Fsp3) is 0.458. The molecule has 2 aromatic rings. The Morgan fingerprint density at radius 1 is 1.07 bits per heavy atom. The van der Waals surface area contributed by atoms with E-state index in [0.717, 1.165) is 18.6 Å². The molecule has 0 bridgehead atoms. The smallest absolute Gasteiger partial charge is 0.261 e. The van der Waals surface area contributed by atoms with Gasteiger partial charge in [0, 0.05) is 0 Å². The fourth-order valence-electron chi connectivity index (χ4n) is 3.60. The predicted molar refractivity (Wildman–Crippen MR) is 114 cm³/mol. The lowest BCUT2D eigenvalue weighted by Crippen LogP contribution is -2.44. The third-order valence-corrected chi connectivity index (χ3v) is 5.21. The largest absolute Gasteiger partial charge is 0.493 e. The number of methoxy groups -OCH3 is 1. The number of para-hydroxylation sites is 2. The normalized spacial score (nSPS) is 15.0. The number of carbonyl (C=O) groups is 1. The fourth-order valence-corrected chi connectivity index (χ4v) is 3.60. The molecule has 0 spiro atoms. The quantitative estimate of drug-likeness (QED) is 0.685. The number of hydrogen-bond donors (Lipinski definition) is 1. The molecule has 0 saturated heterocycles. The first-order chi connectivity index (χ1) is 14.1. The first-order valence-corrected chi connectivity index (χ1v) is 10.4. The van der Waals surface area contributed by atoms with Crippen molar-refractivity contribution < 1.29 is 19.0 Å². The zero-order chi connectivity index (χ0) is 20.6. The van der Waals surface area contributed by atoms with E-state index in [1.165, 1.54) is 24.0 Å². The van der Waals surface area contributed by atoms with Crippen LogP contribution >= 0.6 is 0 Å². The van der Waals surface area contributed by atoms with Gasteiger partial charge >= 0.3 is 0 Å². The maximum absolute atomic E-state index is 12.7. The van der Waals surface area contributed by atoms with Gasteiger partial charge in [-0.3, -0.25) is 4.79 Å². The van der Waals surface area contributed by atoms with Crippen LogP contribution in [0.5, 0.6) is 17.2 Å². The van der Waals surface area contributed by atoms with Crippen molar-refractivity contribution in [3.05, 3.63) is 53.6 Å². The maximum Gasteiger partial charge on any atom is 0.261 e. The molecule has 29 heavy (non-hydrogen) atoms. The molecule has 0 fully saturated rings. The lowest BCUT2D eigenvalue weighted by molar-refractivity contribution is -0.128. The summed E-state index contributed by atoms with van der Waals surface area (Å²) >= 11 is 0. The van der Waals surface area contributed by atoms with Gasteiger partial charge in [0.25, 0.3) is 5.91 Å². The lowest BCUT2D eigenvalue weighted by Gasteiger charge is -2.22. The summed E-state index contributed by atoms with van der Waals surface area (Å²) in [5, 5.41) is 2.99. The van der Waals surface area contributed by atoms with Crippen LogP contribution in [0.2, 0.25) is 0 Å². The number of fused-ring (bicyclic) bond motifs is 1. The molecule has 1 amide bonds. The number of nitrogens with one attached hydrogen (secondary N) is 1. The summed E-state index contributed by atoms with van der Waals surface area (Å²) in [7, 11) is 1.61. The minimum atomic E-state index is -0.523. The van der Waals surface area contributed by atoms with E-state index >= 15 is 0 Å². The number of carbonyl (C=O) groups excluding carboxylic acids is 1. The molecule has 0 radical (unpaired) electrons. The molecule has 5 heteroatoms. The number of aryl methyl sites for hydroxylation is 2. The van der Waals surface area contributed by atoms with Crippen LogP contribution < -0.4 is 19.5 Å². The van der Waals surface area contributed by atoms with Crippen LogP contribution in [0.1, 0.15) is 44.2 Å². The maximum atomic E-state index is 12.7. The van der Waals surface area contributed by atoms with Gasteiger partial charge in [-0.1, -0.05) is 25.1 Å². The first-order valence-electron chi connectivity index (χ1n) is 10.4. The number of amides is 1. The van der Waals surface area contributed by atoms with Crippen molar-refractivity contribution in [2.75, 3.05) is 13.7 Å². The van der Waals surface area contributed by atoms with Crippen molar-refractivity contribution >= 4 is 5.91 Å². The zero-order valence-corrected chi connectivity index (χ0v) is 17.6. The van der Waals surface area contributed by atoms with Gasteiger partial charge in [0.15, 0.2) is 17.6 Å². The number of hydrogen-bond acceptors (Lipinski definition) is 4. The van der Waals surface area contributed by atoms with Crippen LogP contribution in [0.15, 0.2) is 42.5 Å². The van der Waals surface area contributed by atoms with Crippen LogP contribution in [0, 0.1) is 0 Å². The molecule has 1 N–H and O–H groups in total. The zero-order valence-electron chi connectivity index (χ0n) is 17.6. The van der Waals surface area contributed by atoms with Gasteiger partial charge in [-0.2, -0.15) is 0 Å². The SMILES string of the molecule is CC[C@@H](Oc1ccc2c(c1)CCCC2)C(=O)N[C@@H](C)COc1ccccc1OC. The topological polar surface area (TPSA) is 56.8 Å². The van der Waals surface area contributed by atoms with Crippen LogP contribution in [0.4, 0.5) is 0 Å². The second kappa shape index (κ2) is 10.2. The number of benzene rings is 2. The van der Waals surface area contributed by atoms with Crippen LogP contribution in [-0.2, 0) is 17.6 Å². The van der Waals surface area contributed by atoms with E-state index in [4.69, 9.17) is 14.2 Å². The highest BCUT2D eigenvalue weighted by atomic mass is 16.5. The second-order valence-electron chi connectivity index (χ2n) is 7.52. The molecular formula is C24H31NO4. The average molecular weight is 398 g/mol. The van der Waals surface area contributed by atoms with Crippen molar-refractivity contribution in [1.29, 1.82) is 0 Å². The van der Waals surface area contributed by atoms with Crippen molar-refractivity contribution in [2.45, 2.75) is 58.1 Å². The van der Waals surface area contributed by atoms with Gasteiger partial charge < -0.3 is 19.5 Å². The summed E-state index contributed by atoms with van der Waals surface area (Å²) in [6, 6.07) is 13.5. The van der Waals surface area contributed by atoms with Crippen molar-refractivity contribution in [3.8, 4) is 17.2 Å². The van der Waals surface area contributed by atoms with Crippen LogP contribution in [0.3, 0.4) is 0 Å². The Labute approximate surface area is 173 Å². The first kappa shape index (κ1) is 21.0. The Bertz CT molecular complexity index is 820. The Kier molecular flexibility index (Phi) is 7.39. The van der Waals surface area contributed by atoms with Gasteiger partial charge in [-0.15, -0.1) is 0 Å². The summed E-state index contributed by atoms with van der Waals surface area (Å²) in [4.78, 5) is 12.7. The molecule has 3 rings (SSSR count). The molecule has 0 unspecified atom stereocenters. The van der Waals surface area contributed by atoms with Crippen LogP contribution in [0.25, 0.3) is 0 Å². The Balaban J connectivity index is 1.53. The molecule has 0 heterocycles. The van der Waals surface area contributed by atoms with Crippen molar-refractivity contribution in [2.24, 2.45) is 0 Å². The van der Waals surface area contributed by atoms with Gasteiger partial charge in [0.05, 0.1) is 13.2 Å².